The Labute approximate surface area is 153 Å². The molecule has 1 heterocycles. The Balaban J connectivity index is 1.93. The van der Waals surface area contributed by atoms with Gasteiger partial charge in [-0.1, -0.05) is 12.1 Å². The summed E-state index contributed by atoms with van der Waals surface area (Å²) in [5, 5.41) is 0. The summed E-state index contributed by atoms with van der Waals surface area (Å²) in [4.78, 5) is 6.22. The van der Waals surface area contributed by atoms with Crippen LogP contribution in [0.2, 0.25) is 0 Å². The van der Waals surface area contributed by atoms with Crippen molar-refractivity contribution in [1.82, 2.24) is 4.72 Å². The van der Waals surface area contributed by atoms with E-state index in [4.69, 9.17) is 17.9 Å². The van der Waals surface area contributed by atoms with Crippen molar-refractivity contribution in [2.45, 2.75) is 30.3 Å². The van der Waals surface area contributed by atoms with Gasteiger partial charge in [-0.05, 0) is 25.3 Å². The lowest BCUT2D eigenvalue weighted by molar-refractivity contribution is 0.114. The Morgan fingerprint density at radius 1 is 1.12 bits per heavy atom. The van der Waals surface area contributed by atoms with E-state index in [2.05, 4.69) is 14.4 Å². The number of nitrogens with one attached hydrogen (secondary N) is 1. The second-order valence-corrected chi connectivity index (χ2v) is 9.88. The zero-order chi connectivity index (χ0) is 19.2. The third-order valence-corrected chi connectivity index (χ3v) is 7.16. The van der Waals surface area contributed by atoms with Gasteiger partial charge in [-0.2, -0.15) is 0 Å². The summed E-state index contributed by atoms with van der Waals surface area (Å²) in [6.07, 6.45) is 1.52. The lowest BCUT2D eigenvalue weighted by atomic mass is 10.2. The highest BCUT2D eigenvalue weighted by molar-refractivity contribution is 7.91. The Hall–Kier alpha value is -1.98. The van der Waals surface area contributed by atoms with Crippen LogP contribution in [0.4, 0.5) is 11.4 Å². The van der Waals surface area contributed by atoms with E-state index in [1.807, 2.05) is 0 Å². The standard InChI is InChI=1S/C16H19N3O5S2/c1-17-15-7-6-14(11-16(15)18-2)25(20,21)9-4-10-26(22,23)19-12-13-5-3-8-24-13/h6-7,11,13,19H,3-5,8-10,12H2. The highest BCUT2D eigenvalue weighted by Crippen LogP contribution is 2.31. The first-order valence-corrected chi connectivity index (χ1v) is 11.3. The van der Waals surface area contributed by atoms with Crippen LogP contribution in [0.15, 0.2) is 23.1 Å². The Bertz CT molecular complexity index is 937. The first-order valence-electron chi connectivity index (χ1n) is 7.98. The molecule has 8 nitrogen and oxygen atoms in total. The van der Waals surface area contributed by atoms with Gasteiger partial charge < -0.3 is 4.74 Å². The van der Waals surface area contributed by atoms with Gasteiger partial charge in [0.05, 0.1) is 35.6 Å². The molecule has 140 valence electrons. The minimum atomic E-state index is -3.73. The molecule has 2 rings (SSSR count). The van der Waals surface area contributed by atoms with Crippen LogP contribution in [-0.2, 0) is 24.6 Å². The number of sulfonamides is 1. The second-order valence-electron chi connectivity index (χ2n) is 5.85. The summed E-state index contributed by atoms with van der Waals surface area (Å²) in [6, 6.07) is 3.70. The predicted molar refractivity (Wildman–Crippen MR) is 96.4 cm³/mol. The largest absolute Gasteiger partial charge is 0.377 e. The van der Waals surface area contributed by atoms with Crippen molar-refractivity contribution >= 4 is 31.2 Å². The monoisotopic (exact) mass is 397 g/mol. The fraction of sp³-hybridized carbons (Fsp3) is 0.500. The molecule has 10 heteroatoms. The molecular weight excluding hydrogens is 378 g/mol. The fourth-order valence-corrected chi connectivity index (χ4v) is 5.15. The van der Waals surface area contributed by atoms with Crippen LogP contribution in [-0.4, -0.2) is 47.6 Å². The normalized spacial score (nSPS) is 17.5. The van der Waals surface area contributed by atoms with Crippen molar-refractivity contribution in [3.05, 3.63) is 41.0 Å². The molecule has 1 unspecified atom stereocenters. The number of nitrogens with zero attached hydrogens (tertiary/aromatic N) is 2. The molecular formula is C16H19N3O5S2. The highest BCUT2D eigenvalue weighted by Gasteiger charge is 2.21. The van der Waals surface area contributed by atoms with Crippen molar-refractivity contribution in [2.24, 2.45) is 0 Å². The van der Waals surface area contributed by atoms with E-state index in [0.29, 0.717) is 6.61 Å². The number of hydrogen-bond donors (Lipinski definition) is 1. The number of benzene rings is 1. The van der Waals surface area contributed by atoms with Crippen molar-refractivity contribution < 1.29 is 21.6 Å². The molecule has 1 saturated heterocycles. The van der Waals surface area contributed by atoms with E-state index in [1.165, 1.54) is 12.1 Å². The zero-order valence-corrected chi connectivity index (χ0v) is 15.6. The molecule has 1 aromatic carbocycles. The summed E-state index contributed by atoms with van der Waals surface area (Å²) in [6.45, 7) is 14.8. The third kappa shape index (κ3) is 5.51. The van der Waals surface area contributed by atoms with Crippen LogP contribution < -0.4 is 4.72 Å². The van der Waals surface area contributed by atoms with Crippen LogP contribution in [0.5, 0.6) is 0 Å². The van der Waals surface area contributed by atoms with Gasteiger partial charge in [-0.25, -0.2) is 21.6 Å². The van der Waals surface area contributed by atoms with E-state index < -0.39 is 19.9 Å². The summed E-state index contributed by atoms with van der Waals surface area (Å²) >= 11 is 0. The van der Waals surface area contributed by atoms with Crippen molar-refractivity contribution in [3.8, 4) is 0 Å². The lowest BCUT2D eigenvalue weighted by Gasteiger charge is -2.11. The Kier molecular flexibility index (Phi) is 6.73. The van der Waals surface area contributed by atoms with Crippen molar-refractivity contribution in [3.63, 3.8) is 0 Å². The number of hydrogen-bond acceptors (Lipinski definition) is 5. The molecule has 0 saturated carbocycles. The van der Waals surface area contributed by atoms with Crippen molar-refractivity contribution in [2.75, 3.05) is 24.7 Å². The molecule has 0 aromatic heterocycles. The molecule has 1 atom stereocenters. The Morgan fingerprint density at radius 3 is 2.46 bits per heavy atom. The van der Waals surface area contributed by atoms with Gasteiger partial charge in [0.25, 0.3) is 0 Å². The molecule has 26 heavy (non-hydrogen) atoms. The molecule has 1 aliphatic heterocycles. The summed E-state index contributed by atoms with van der Waals surface area (Å²) in [5.41, 5.74) is 0.0480. The fourth-order valence-electron chi connectivity index (χ4n) is 2.54. The zero-order valence-electron chi connectivity index (χ0n) is 14.0. The summed E-state index contributed by atoms with van der Waals surface area (Å²) < 4.78 is 56.4. The smallest absolute Gasteiger partial charge is 0.211 e. The van der Waals surface area contributed by atoms with Gasteiger partial charge in [0.15, 0.2) is 21.2 Å². The number of sulfone groups is 1. The van der Waals surface area contributed by atoms with Crippen molar-refractivity contribution in [1.29, 1.82) is 0 Å². The van der Waals surface area contributed by atoms with Crippen LogP contribution in [0.1, 0.15) is 19.3 Å². The third-order valence-electron chi connectivity index (χ3n) is 3.93. The van der Waals surface area contributed by atoms with Gasteiger partial charge in [0.1, 0.15) is 0 Å². The molecule has 1 aliphatic rings. The molecule has 1 N–H and O–H groups in total. The van der Waals surface area contributed by atoms with E-state index >= 15 is 0 Å². The molecule has 0 radical (unpaired) electrons. The van der Waals surface area contributed by atoms with Gasteiger partial charge in [0, 0.05) is 13.2 Å². The van der Waals surface area contributed by atoms with Crippen LogP contribution >= 0.6 is 0 Å². The minimum absolute atomic E-state index is 0.0353. The highest BCUT2D eigenvalue weighted by atomic mass is 32.2. The number of rotatable bonds is 8. The molecule has 0 aliphatic carbocycles. The van der Waals surface area contributed by atoms with Crippen LogP contribution in [0.25, 0.3) is 9.69 Å². The maximum Gasteiger partial charge on any atom is 0.211 e. The molecule has 1 aromatic rings. The van der Waals surface area contributed by atoms with Gasteiger partial charge in [0.2, 0.25) is 10.0 Å². The SMILES string of the molecule is [C-]#[N+]c1ccc(S(=O)(=O)CCCS(=O)(=O)NCC2CCCO2)cc1[N+]#[C-]. The molecule has 0 amide bonds. The quantitative estimate of drug-likeness (QED) is 0.677. The van der Waals surface area contributed by atoms with Crippen LogP contribution in [0, 0.1) is 13.1 Å². The molecule has 0 spiro atoms. The van der Waals surface area contributed by atoms with E-state index in [1.54, 1.807) is 0 Å². The number of ether oxygens (including phenoxy) is 1. The van der Waals surface area contributed by atoms with Crippen LogP contribution in [0.3, 0.4) is 0 Å². The van der Waals surface area contributed by atoms with E-state index in [0.717, 1.165) is 18.9 Å². The predicted octanol–water partition coefficient (Wildman–Crippen LogP) is 2.05. The van der Waals surface area contributed by atoms with E-state index in [9.17, 15) is 16.8 Å². The average Bonchev–Trinajstić information content (AvgIpc) is 3.12. The minimum Gasteiger partial charge on any atom is -0.377 e. The van der Waals surface area contributed by atoms with Gasteiger partial charge in [-0.15, -0.1) is 0 Å². The molecule has 1 fully saturated rings. The molecule has 0 bridgehead atoms. The summed E-state index contributed by atoms with van der Waals surface area (Å²) in [5.74, 6) is -0.669. The first kappa shape index (κ1) is 20.3. The Morgan fingerprint density at radius 2 is 1.85 bits per heavy atom. The van der Waals surface area contributed by atoms with E-state index in [-0.39, 0.29) is 46.8 Å². The maximum atomic E-state index is 12.3. The topological polar surface area (TPSA) is 98.3 Å². The summed E-state index contributed by atoms with van der Waals surface area (Å²) in [7, 11) is -7.31. The van der Waals surface area contributed by atoms with Gasteiger partial charge in [-0.3, -0.25) is 9.69 Å². The van der Waals surface area contributed by atoms with Gasteiger partial charge >= 0.3 is 0 Å². The maximum absolute atomic E-state index is 12.3. The average molecular weight is 397 g/mol. The first-order chi connectivity index (χ1) is 12.3. The lowest BCUT2D eigenvalue weighted by Crippen LogP contribution is -2.33. The second kappa shape index (κ2) is 8.60.